The van der Waals surface area contributed by atoms with E-state index in [4.69, 9.17) is 11.6 Å². The lowest BCUT2D eigenvalue weighted by molar-refractivity contribution is 0.206. The van der Waals surface area contributed by atoms with Gasteiger partial charge < -0.3 is 5.32 Å². The van der Waals surface area contributed by atoms with E-state index in [1.165, 1.54) is 24.8 Å². The molecule has 1 aromatic carbocycles. The monoisotopic (exact) mass is 329 g/mol. The molecule has 0 spiro atoms. The van der Waals surface area contributed by atoms with Crippen LogP contribution in [0.25, 0.3) is 0 Å². The van der Waals surface area contributed by atoms with Crippen molar-refractivity contribution in [1.82, 2.24) is 5.32 Å². The molecule has 0 radical (unpaired) electrons. The van der Waals surface area contributed by atoms with Crippen LogP contribution in [0.1, 0.15) is 38.7 Å². The maximum atomic E-state index is 5.96. The quantitative estimate of drug-likeness (QED) is 0.821. The highest BCUT2D eigenvalue weighted by atomic mass is 79.9. The first-order valence-electron chi connectivity index (χ1n) is 6.75. The number of nitrogens with one attached hydrogen (secondary N) is 1. The van der Waals surface area contributed by atoms with Gasteiger partial charge in [0.1, 0.15) is 0 Å². The molecule has 3 atom stereocenters. The number of halogens is 2. The molecule has 1 N–H and O–H groups in total. The van der Waals surface area contributed by atoms with Gasteiger partial charge in [0, 0.05) is 22.1 Å². The summed E-state index contributed by atoms with van der Waals surface area (Å²) in [6, 6.07) is 6.66. The minimum atomic E-state index is 0.649. The molecule has 3 unspecified atom stereocenters. The van der Waals surface area contributed by atoms with E-state index in [2.05, 4.69) is 41.2 Å². The first-order valence-corrected chi connectivity index (χ1v) is 7.92. The predicted octanol–water partition coefficient (Wildman–Crippen LogP) is 5.02. The SMILES string of the molecule is CC1CCCC(NCc2ccc(Cl)cc2Br)C1C. The van der Waals surface area contributed by atoms with Crippen LogP contribution in [-0.2, 0) is 6.54 Å². The van der Waals surface area contributed by atoms with Crippen LogP contribution in [0.5, 0.6) is 0 Å². The van der Waals surface area contributed by atoms with E-state index in [1.54, 1.807) is 0 Å². The Bertz CT molecular complexity index is 407. The van der Waals surface area contributed by atoms with Crippen molar-refractivity contribution in [3.05, 3.63) is 33.3 Å². The first kappa shape index (κ1) is 14.4. The van der Waals surface area contributed by atoms with Crippen molar-refractivity contribution in [2.24, 2.45) is 11.8 Å². The van der Waals surface area contributed by atoms with Gasteiger partial charge in [-0.2, -0.15) is 0 Å². The molecule has 3 heteroatoms. The summed E-state index contributed by atoms with van der Waals surface area (Å²) in [4.78, 5) is 0. The molecule has 0 saturated heterocycles. The molecular formula is C15H21BrClN. The zero-order valence-corrected chi connectivity index (χ0v) is 13.4. The summed E-state index contributed by atoms with van der Waals surface area (Å²) in [6.45, 7) is 5.66. The maximum Gasteiger partial charge on any atom is 0.0417 e. The molecular weight excluding hydrogens is 310 g/mol. The Hall–Kier alpha value is -0.0500. The third-order valence-corrected chi connectivity index (χ3v) is 5.25. The van der Waals surface area contributed by atoms with Gasteiger partial charge in [-0.3, -0.25) is 0 Å². The second-order valence-corrected chi connectivity index (χ2v) is 6.78. The Morgan fingerprint density at radius 3 is 2.83 bits per heavy atom. The lowest BCUT2D eigenvalue weighted by Gasteiger charge is -2.35. The van der Waals surface area contributed by atoms with Crippen LogP contribution >= 0.6 is 27.5 Å². The third-order valence-electron chi connectivity index (χ3n) is 4.28. The molecule has 2 rings (SSSR count). The van der Waals surface area contributed by atoms with E-state index in [0.717, 1.165) is 27.9 Å². The van der Waals surface area contributed by atoms with E-state index in [1.807, 2.05) is 12.1 Å². The molecule has 1 aliphatic rings. The highest BCUT2D eigenvalue weighted by molar-refractivity contribution is 9.10. The molecule has 100 valence electrons. The summed E-state index contributed by atoms with van der Waals surface area (Å²) in [7, 11) is 0. The Labute approximate surface area is 123 Å². The smallest absolute Gasteiger partial charge is 0.0417 e. The highest BCUT2D eigenvalue weighted by Gasteiger charge is 2.26. The topological polar surface area (TPSA) is 12.0 Å². The van der Waals surface area contributed by atoms with Crippen LogP contribution in [0.4, 0.5) is 0 Å². The van der Waals surface area contributed by atoms with Crippen molar-refractivity contribution in [3.63, 3.8) is 0 Å². The number of hydrogen-bond acceptors (Lipinski definition) is 1. The summed E-state index contributed by atoms with van der Waals surface area (Å²) in [6.07, 6.45) is 4.03. The summed E-state index contributed by atoms with van der Waals surface area (Å²) in [5, 5.41) is 4.49. The summed E-state index contributed by atoms with van der Waals surface area (Å²) in [5.74, 6) is 1.61. The Morgan fingerprint density at radius 2 is 2.11 bits per heavy atom. The van der Waals surface area contributed by atoms with Gasteiger partial charge >= 0.3 is 0 Å². The molecule has 0 aliphatic heterocycles. The highest BCUT2D eigenvalue weighted by Crippen LogP contribution is 2.30. The molecule has 1 saturated carbocycles. The standard InChI is InChI=1S/C15H21BrClN/c1-10-4-3-5-15(11(10)2)18-9-12-6-7-13(17)8-14(12)16/h6-8,10-11,15,18H,3-5,9H2,1-2H3. The van der Waals surface area contributed by atoms with Crippen LogP contribution in [0.2, 0.25) is 5.02 Å². The van der Waals surface area contributed by atoms with Crippen LogP contribution < -0.4 is 5.32 Å². The third kappa shape index (κ3) is 3.49. The van der Waals surface area contributed by atoms with Crippen molar-refractivity contribution in [2.75, 3.05) is 0 Å². The Kier molecular flexibility index (Phi) is 5.11. The second-order valence-electron chi connectivity index (χ2n) is 5.49. The fourth-order valence-corrected chi connectivity index (χ4v) is 3.60. The summed E-state index contributed by atoms with van der Waals surface area (Å²) < 4.78 is 1.10. The molecule has 1 aliphatic carbocycles. The fraction of sp³-hybridized carbons (Fsp3) is 0.600. The molecule has 0 aromatic heterocycles. The van der Waals surface area contributed by atoms with Crippen LogP contribution in [-0.4, -0.2) is 6.04 Å². The number of rotatable bonds is 3. The summed E-state index contributed by atoms with van der Waals surface area (Å²) >= 11 is 9.53. The average Bonchev–Trinajstić information content (AvgIpc) is 2.33. The zero-order chi connectivity index (χ0) is 13.1. The van der Waals surface area contributed by atoms with Crippen molar-refractivity contribution in [3.8, 4) is 0 Å². The van der Waals surface area contributed by atoms with Gasteiger partial charge in [0.25, 0.3) is 0 Å². The van der Waals surface area contributed by atoms with E-state index in [9.17, 15) is 0 Å². The second kappa shape index (κ2) is 6.40. The molecule has 0 heterocycles. The molecule has 1 aromatic rings. The van der Waals surface area contributed by atoms with Gasteiger partial charge in [0.2, 0.25) is 0 Å². The largest absolute Gasteiger partial charge is 0.310 e. The maximum absolute atomic E-state index is 5.96. The first-order chi connectivity index (χ1) is 8.58. The van der Waals surface area contributed by atoms with Gasteiger partial charge in [-0.05, 0) is 36.0 Å². The Morgan fingerprint density at radius 1 is 1.33 bits per heavy atom. The van der Waals surface area contributed by atoms with Crippen LogP contribution in [0, 0.1) is 11.8 Å². The van der Waals surface area contributed by atoms with Gasteiger partial charge in [0.15, 0.2) is 0 Å². The van der Waals surface area contributed by atoms with Crippen molar-refractivity contribution in [2.45, 2.75) is 45.7 Å². The van der Waals surface area contributed by atoms with Gasteiger partial charge in [-0.1, -0.05) is 60.3 Å². The van der Waals surface area contributed by atoms with Crippen molar-refractivity contribution >= 4 is 27.5 Å². The lowest BCUT2D eigenvalue weighted by Crippen LogP contribution is -2.40. The zero-order valence-electron chi connectivity index (χ0n) is 11.0. The lowest BCUT2D eigenvalue weighted by atomic mass is 9.78. The van der Waals surface area contributed by atoms with E-state index >= 15 is 0 Å². The fourth-order valence-electron chi connectivity index (χ4n) is 2.78. The molecule has 1 fully saturated rings. The minimum Gasteiger partial charge on any atom is -0.310 e. The van der Waals surface area contributed by atoms with Gasteiger partial charge in [0.05, 0.1) is 0 Å². The van der Waals surface area contributed by atoms with Crippen LogP contribution in [0.15, 0.2) is 22.7 Å². The van der Waals surface area contributed by atoms with Crippen LogP contribution in [0.3, 0.4) is 0 Å². The normalized spacial score (nSPS) is 28.3. The van der Waals surface area contributed by atoms with Crippen molar-refractivity contribution in [1.29, 1.82) is 0 Å². The van der Waals surface area contributed by atoms with E-state index in [0.29, 0.717) is 6.04 Å². The minimum absolute atomic E-state index is 0.649. The van der Waals surface area contributed by atoms with E-state index < -0.39 is 0 Å². The molecule has 0 amide bonds. The summed E-state index contributed by atoms with van der Waals surface area (Å²) in [5.41, 5.74) is 1.28. The van der Waals surface area contributed by atoms with Crippen molar-refractivity contribution < 1.29 is 0 Å². The molecule has 18 heavy (non-hydrogen) atoms. The van der Waals surface area contributed by atoms with Gasteiger partial charge in [-0.25, -0.2) is 0 Å². The van der Waals surface area contributed by atoms with E-state index in [-0.39, 0.29) is 0 Å². The average molecular weight is 331 g/mol. The molecule has 1 nitrogen and oxygen atoms in total. The predicted molar refractivity (Wildman–Crippen MR) is 82.0 cm³/mol. The molecule has 0 bridgehead atoms. The number of hydrogen-bond donors (Lipinski definition) is 1. The Balaban J connectivity index is 1.94. The number of benzene rings is 1. The van der Waals surface area contributed by atoms with Gasteiger partial charge in [-0.15, -0.1) is 0 Å².